The minimum absolute atomic E-state index is 0.308. The first-order chi connectivity index (χ1) is 9.65. The number of nitrogens with one attached hydrogen (secondary N) is 1. The number of aliphatic hydroxyl groups is 1. The van der Waals surface area contributed by atoms with Crippen LogP contribution in [0.4, 0.5) is 0 Å². The predicted octanol–water partition coefficient (Wildman–Crippen LogP) is 2.10. The SMILES string of the molecule is CC1CCC(OCC(O)CNC(C)C2CCCO2)CC1. The second-order valence-corrected chi connectivity index (χ2v) is 6.62. The lowest BCUT2D eigenvalue weighted by Gasteiger charge is -2.27. The molecule has 3 unspecified atom stereocenters. The zero-order chi connectivity index (χ0) is 14.4. The first kappa shape index (κ1) is 16.2. The highest BCUT2D eigenvalue weighted by Crippen LogP contribution is 2.25. The standard InChI is InChI=1S/C16H31NO3/c1-12-5-7-15(8-6-12)20-11-14(18)10-17-13(2)16-4-3-9-19-16/h12-18H,3-11H2,1-2H3. The van der Waals surface area contributed by atoms with Crippen LogP contribution >= 0.6 is 0 Å². The van der Waals surface area contributed by atoms with Gasteiger partial charge in [-0.25, -0.2) is 0 Å². The summed E-state index contributed by atoms with van der Waals surface area (Å²) in [6.07, 6.45) is 7.34. The fourth-order valence-corrected chi connectivity index (χ4v) is 3.15. The number of hydrogen-bond acceptors (Lipinski definition) is 4. The van der Waals surface area contributed by atoms with E-state index in [2.05, 4.69) is 19.2 Å². The summed E-state index contributed by atoms with van der Waals surface area (Å²) >= 11 is 0. The fraction of sp³-hybridized carbons (Fsp3) is 1.00. The average molecular weight is 285 g/mol. The van der Waals surface area contributed by atoms with E-state index < -0.39 is 6.10 Å². The largest absolute Gasteiger partial charge is 0.389 e. The molecule has 0 amide bonds. The summed E-state index contributed by atoms with van der Waals surface area (Å²) in [5.74, 6) is 0.841. The third kappa shape index (κ3) is 5.32. The molecule has 1 saturated carbocycles. The van der Waals surface area contributed by atoms with Gasteiger partial charge < -0.3 is 19.9 Å². The van der Waals surface area contributed by atoms with Gasteiger partial charge in [0, 0.05) is 19.2 Å². The molecule has 4 heteroatoms. The molecule has 2 aliphatic rings. The van der Waals surface area contributed by atoms with Gasteiger partial charge in [-0.3, -0.25) is 0 Å². The van der Waals surface area contributed by atoms with Crippen LogP contribution in [0, 0.1) is 5.92 Å². The molecule has 118 valence electrons. The molecule has 1 heterocycles. The lowest BCUT2D eigenvalue weighted by Crippen LogP contribution is -2.42. The zero-order valence-corrected chi connectivity index (χ0v) is 13.0. The summed E-state index contributed by atoms with van der Waals surface area (Å²) in [6.45, 7) is 6.35. The molecule has 20 heavy (non-hydrogen) atoms. The minimum atomic E-state index is -0.418. The van der Waals surface area contributed by atoms with Crippen LogP contribution in [-0.4, -0.2) is 49.2 Å². The molecule has 1 saturated heterocycles. The van der Waals surface area contributed by atoms with E-state index in [1.807, 2.05) is 0 Å². The first-order valence-corrected chi connectivity index (χ1v) is 8.29. The van der Waals surface area contributed by atoms with E-state index in [9.17, 15) is 5.11 Å². The molecular weight excluding hydrogens is 254 g/mol. The van der Waals surface area contributed by atoms with Crippen molar-refractivity contribution in [3.05, 3.63) is 0 Å². The Labute approximate surface area is 123 Å². The Morgan fingerprint density at radius 1 is 1.25 bits per heavy atom. The van der Waals surface area contributed by atoms with Crippen molar-refractivity contribution in [1.29, 1.82) is 0 Å². The van der Waals surface area contributed by atoms with Crippen molar-refractivity contribution < 1.29 is 14.6 Å². The average Bonchev–Trinajstić information content (AvgIpc) is 2.98. The van der Waals surface area contributed by atoms with Crippen LogP contribution in [0.1, 0.15) is 52.4 Å². The predicted molar refractivity (Wildman–Crippen MR) is 79.8 cm³/mol. The second kappa shape index (κ2) is 8.32. The van der Waals surface area contributed by atoms with Crippen LogP contribution in [0.3, 0.4) is 0 Å². The Balaban J connectivity index is 1.54. The third-order valence-electron chi connectivity index (χ3n) is 4.69. The monoisotopic (exact) mass is 285 g/mol. The Hall–Kier alpha value is -0.160. The van der Waals surface area contributed by atoms with Gasteiger partial charge in [-0.05, 0) is 51.4 Å². The quantitative estimate of drug-likeness (QED) is 0.752. The number of hydrogen-bond donors (Lipinski definition) is 2. The lowest BCUT2D eigenvalue weighted by atomic mass is 9.89. The molecule has 0 aromatic carbocycles. The van der Waals surface area contributed by atoms with Crippen molar-refractivity contribution in [2.75, 3.05) is 19.8 Å². The van der Waals surface area contributed by atoms with Gasteiger partial charge in [0.2, 0.25) is 0 Å². The van der Waals surface area contributed by atoms with E-state index >= 15 is 0 Å². The van der Waals surface area contributed by atoms with E-state index in [-0.39, 0.29) is 0 Å². The highest BCUT2D eigenvalue weighted by molar-refractivity contribution is 4.78. The molecule has 3 atom stereocenters. The minimum Gasteiger partial charge on any atom is -0.389 e. The molecular formula is C16H31NO3. The van der Waals surface area contributed by atoms with Crippen LogP contribution in [0.2, 0.25) is 0 Å². The third-order valence-corrected chi connectivity index (χ3v) is 4.69. The molecule has 2 rings (SSSR count). The van der Waals surface area contributed by atoms with E-state index in [1.54, 1.807) is 0 Å². The molecule has 0 radical (unpaired) electrons. The van der Waals surface area contributed by atoms with Gasteiger partial charge in [-0.2, -0.15) is 0 Å². The van der Waals surface area contributed by atoms with Crippen molar-refractivity contribution in [3.63, 3.8) is 0 Å². The Bertz CT molecular complexity index is 260. The highest BCUT2D eigenvalue weighted by atomic mass is 16.5. The van der Waals surface area contributed by atoms with Gasteiger partial charge in [0.25, 0.3) is 0 Å². The molecule has 2 N–H and O–H groups in total. The van der Waals surface area contributed by atoms with Crippen LogP contribution in [0.5, 0.6) is 0 Å². The molecule has 0 aromatic rings. The number of rotatable bonds is 7. The smallest absolute Gasteiger partial charge is 0.0897 e. The number of ether oxygens (including phenoxy) is 2. The maximum absolute atomic E-state index is 10.00. The normalized spacial score (nSPS) is 34.0. The van der Waals surface area contributed by atoms with E-state index in [0.29, 0.717) is 31.4 Å². The fourth-order valence-electron chi connectivity index (χ4n) is 3.15. The molecule has 0 aromatic heterocycles. The van der Waals surface area contributed by atoms with E-state index in [0.717, 1.165) is 38.2 Å². The van der Waals surface area contributed by atoms with Crippen molar-refractivity contribution >= 4 is 0 Å². The molecule has 1 aliphatic carbocycles. The zero-order valence-electron chi connectivity index (χ0n) is 13.0. The highest BCUT2D eigenvalue weighted by Gasteiger charge is 2.23. The number of aliphatic hydroxyl groups excluding tert-OH is 1. The molecule has 1 aliphatic heterocycles. The van der Waals surface area contributed by atoms with Crippen LogP contribution in [0.15, 0.2) is 0 Å². The van der Waals surface area contributed by atoms with E-state index in [1.165, 1.54) is 12.8 Å². The summed E-state index contributed by atoms with van der Waals surface area (Å²) in [5.41, 5.74) is 0. The van der Waals surface area contributed by atoms with E-state index in [4.69, 9.17) is 9.47 Å². The molecule has 2 fully saturated rings. The van der Waals surface area contributed by atoms with Gasteiger partial charge in [-0.15, -0.1) is 0 Å². The maximum Gasteiger partial charge on any atom is 0.0897 e. The summed E-state index contributed by atoms with van der Waals surface area (Å²) in [7, 11) is 0. The Kier molecular flexibility index (Phi) is 6.75. The summed E-state index contributed by atoms with van der Waals surface area (Å²) in [6, 6.07) is 0.308. The van der Waals surface area contributed by atoms with Crippen molar-refractivity contribution in [3.8, 4) is 0 Å². The van der Waals surface area contributed by atoms with Crippen LogP contribution in [0.25, 0.3) is 0 Å². The first-order valence-electron chi connectivity index (χ1n) is 8.29. The lowest BCUT2D eigenvalue weighted by molar-refractivity contribution is -0.0296. The van der Waals surface area contributed by atoms with Gasteiger partial charge in [0.15, 0.2) is 0 Å². The maximum atomic E-state index is 10.00. The second-order valence-electron chi connectivity index (χ2n) is 6.62. The summed E-state index contributed by atoms with van der Waals surface area (Å²) in [5, 5.41) is 13.4. The Morgan fingerprint density at radius 3 is 2.65 bits per heavy atom. The molecule has 0 spiro atoms. The molecule has 4 nitrogen and oxygen atoms in total. The van der Waals surface area contributed by atoms with Gasteiger partial charge >= 0.3 is 0 Å². The van der Waals surface area contributed by atoms with Gasteiger partial charge in [-0.1, -0.05) is 6.92 Å². The van der Waals surface area contributed by atoms with Gasteiger partial charge in [0.1, 0.15) is 0 Å². The molecule has 0 bridgehead atoms. The van der Waals surface area contributed by atoms with Crippen LogP contribution in [-0.2, 0) is 9.47 Å². The van der Waals surface area contributed by atoms with Crippen molar-refractivity contribution in [2.45, 2.75) is 76.7 Å². The summed E-state index contributed by atoms with van der Waals surface area (Å²) in [4.78, 5) is 0. The van der Waals surface area contributed by atoms with Crippen molar-refractivity contribution in [1.82, 2.24) is 5.32 Å². The summed E-state index contributed by atoms with van der Waals surface area (Å²) < 4.78 is 11.5. The Morgan fingerprint density at radius 2 is 2.00 bits per heavy atom. The topological polar surface area (TPSA) is 50.7 Å². The van der Waals surface area contributed by atoms with Crippen molar-refractivity contribution in [2.24, 2.45) is 5.92 Å². The van der Waals surface area contributed by atoms with Gasteiger partial charge in [0.05, 0.1) is 24.9 Å². The van der Waals surface area contributed by atoms with Crippen LogP contribution < -0.4 is 5.32 Å².